The number of aromatic nitrogens is 12. The predicted molar refractivity (Wildman–Crippen MR) is 270 cm³/mol. The highest BCUT2D eigenvalue weighted by Crippen LogP contribution is 2.59. The van der Waals surface area contributed by atoms with Gasteiger partial charge in [0.15, 0.2) is 11.3 Å². The first-order valence-electron chi connectivity index (χ1n) is 18.5. The van der Waals surface area contributed by atoms with Gasteiger partial charge in [-0.3, -0.25) is 24.6 Å². The molecule has 21 nitrogen and oxygen atoms in total. The van der Waals surface area contributed by atoms with Crippen LogP contribution in [0.15, 0.2) is 130 Å². The number of hydrogen-bond donors (Lipinski definition) is 11. The number of carbonyl (C=O) groups excluding carboxylic acids is 1. The molecule has 10 aromatic rings. The minimum atomic E-state index is -1.57. The van der Waals surface area contributed by atoms with Gasteiger partial charge < -0.3 is 46.1 Å². The predicted octanol–water partition coefficient (Wildman–Crippen LogP) is 6.85. The number of rotatable bonds is 4. The van der Waals surface area contributed by atoms with Gasteiger partial charge in [0.2, 0.25) is 16.8 Å². The van der Waals surface area contributed by atoms with Gasteiger partial charge in [-0.1, -0.05) is 36.4 Å². The van der Waals surface area contributed by atoms with Crippen molar-refractivity contribution in [2.45, 2.75) is 6.92 Å². The highest BCUT2D eigenvalue weighted by atomic mass is 80.0. The lowest BCUT2D eigenvalue weighted by atomic mass is 9.79. The number of carbonyl (C=O) groups is 2. The molecule has 2 aromatic carbocycles. The van der Waals surface area contributed by atoms with Crippen LogP contribution in [-0.2, 0) is 4.79 Å². The number of hydrogen-bond acceptors (Lipinski definition) is 13. The zero-order valence-corrected chi connectivity index (χ0v) is 41.0. The molecule has 0 unspecified atom stereocenters. The summed E-state index contributed by atoms with van der Waals surface area (Å²) in [6, 6.07) is 21.2. The first-order chi connectivity index (χ1) is 31.6. The zero-order valence-electron chi connectivity index (χ0n) is 33.7. The van der Waals surface area contributed by atoms with Crippen LogP contribution < -0.4 is 27.4 Å². The van der Waals surface area contributed by atoms with Crippen LogP contribution in [0.2, 0.25) is 0 Å². The summed E-state index contributed by atoms with van der Waals surface area (Å²) in [5.74, 6) is -1.35. The van der Waals surface area contributed by atoms with E-state index in [1.54, 1.807) is 42.9 Å². The minimum Gasteiger partial charge on any atom is -0.477 e. The van der Waals surface area contributed by atoms with E-state index in [4.69, 9.17) is 20.9 Å². The maximum Gasteiger partial charge on any atom is 0.490 e. The van der Waals surface area contributed by atoms with Gasteiger partial charge in [0.1, 0.15) is 21.0 Å². The number of halogens is 4. The summed E-state index contributed by atoms with van der Waals surface area (Å²) in [5.41, 5.74) is 11.6. The molecule has 0 atom stereocenters. The van der Waals surface area contributed by atoms with Gasteiger partial charge in [0.05, 0.1) is 35.6 Å². The Balaban J connectivity index is 0.000000153. The fourth-order valence-electron chi connectivity index (χ4n) is 5.67. The van der Waals surface area contributed by atoms with E-state index in [1.807, 2.05) is 48.8 Å². The molecule has 0 bridgehead atoms. The zero-order chi connectivity index (χ0) is 47.8. The topological polar surface area (TPSA) is 339 Å². The Hall–Kier alpha value is -6.41. The summed E-state index contributed by atoms with van der Waals surface area (Å²) in [6.07, 6.45) is 11.2. The van der Waals surface area contributed by atoms with E-state index in [2.05, 4.69) is 128 Å². The number of benzene rings is 2. The van der Waals surface area contributed by atoms with Gasteiger partial charge in [-0.25, -0.2) is 4.79 Å². The van der Waals surface area contributed by atoms with Crippen molar-refractivity contribution in [1.29, 1.82) is 0 Å². The van der Waals surface area contributed by atoms with Crippen LogP contribution in [0.4, 0.5) is 11.4 Å². The molecule has 0 radical (unpaired) electrons. The smallest absolute Gasteiger partial charge is 0.477 e. The van der Waals surface area contributed by atoms with Crippen LogP contribution in [0.3, 0.4) is 0 Å². The maximum absolute atomic E-state index is 11.1. The molecule has 0 fully saturated rings. The Kier molecular flexibility index (Phi) is 19.0. The number of nitrogen functional groups attached to an aromatic ring is 1. The van der Waals surface area contributed by atoms with E-state index in [-0.39, 0.29) is 32.0 Å². The quantitative estimate of drug-likeness (QED) is 0.0488. The standard InChI is InChI=1S/C12H10N4.C8H10BNO3.C7H5N3O3.C6H4BrN3.C6H5N3O.Br3P/c13-11-4-2-1-3-8(11)10-7-15-16-12-9(10)5-6-14-12;1-6(11)10-8-5-3-2-4-7(8)9(12)13;11-5-2-8-10-6-3(5)1-4(9-6)7(12)13;7-5-3-9-10-6-4(5)1-2-8-6;10-5-3-8-9-6-4(5)1-2-7-6;1-4(2)3/h1-7H,13H2,(H,14,16);2-5,12-13H,1H3,(H,10,11);1-2H,(H,12,13)(H2,9,10,11);1-3H,(H,8,10);1-3H,(H2,7,9,10);. The lowest BCUT2D eigenvalue weighted by Crippen LogP contribution is -2.33. The van der Waals surface area contributed by atoms with Crippen molar-refractivity contribution < 1.29 is 24.7 Å². The van der Waals surface area contributed by atoms with Crippen molar-refractivity contribution >= 4 is 146 Å². The Labute approximate surface area is 405 Å². The Morgan fingerprint density at radius 2 is 1.27 bits per heavy atom. The van der Waals surface area contributed by atoms with Crippen molar-refractivity contribution in [3.63, 3.8) is 0 Å². The molecule has 8 heterocycles. The summed E-state index contributed by atoms with van der Waals surface area (Å²) in [6.45, 7) is 1.36. The van der Waals surface area contributed by atoms with Gasteiger partial charge in [-0.05, 0) is 98.8 Å². The Morgan fingerprint density at radius 3 is 1.88 bits per heavy atom. The molecule has 0 aliphatic heterocycles. The Morgan fingerprint density at radius 1 is 0.712 bits per heavy atom. The second-order valence-corrected chi connectivity index (χ2v) is 29.1. The van der Waals surface area contributed by atoms with Crippen LogP contribution in [0.1, 0.15) is 17.4 Å². The van der Waals surface area contributed by atoms with Crippen LogP contribution in [0.5, 0.6) is 0 Å². The number of nitrogens with one attached hydrogen (secondary N) is 7. The first-order valence-corrected chi connectivity index (χ1v) is 26.7. The number of aromatic carboxylic acids is 1. The van der Waals surface area contributed by atoms with Gasteiger partial charge >= 0.3 is 13.1 Å². The van der Waals surface area contributed by atoms with Crippen molar-refractivity contribution in [3.05, 3.63) is 147 Å². The number of H-pyrrole nitrogens is 6. The summed E-state index contributed by atoms with van der Waals surface area (Å²) in [4.78, 5) is 54.6. The monoisotopic (exact) mass is 1170 g/mol. The highest BCUT2D eigenvalue weighted by Gasteiger charge is 2.15. The summed E-state index contributed by atoms with van der Waals surface area (Å²) in [5, 5.41) is 59.9. The molecule has 1 amide bonds. The molecule has 10 rings (SSSR count). The number of aromatic amines is 6. The van der Waals surface area contributed by atoms with Crippen molar-refractivity contribution in [2.24, 2.45) is 0 Å². The molecule has 27 heteroatoms. The summed E-state index contributed by atoms with van der Waals surface area (Å²) < 4.78 is 0.788. The number of nitrogens with two attached hydrogens (primary N) is 1. The number of nitrogens with zero attached hydrogens (tertiary/aromatic N) is 6. The van der Waals surface area contributed by atoms with Crippen LogP contribution in [0.25, 0.3) is 55.3 Å². The van der Waals surface area contributed by atoms with E-state index in [9.17, 15) is 19.2 Å². The average Bonchev–Trinajstić information content (AvgIpc) is 4.12. The van der Waals surface area contributed by atoms with Gasteiger partial charge in [0.25, 0.3) is 0 Å². The van der Waals surface area contributed by atoms with E-state index in [1.165, 1.54) is 25.3 Å². The number of para-hydroxylation sites is 2. The lowest BCUT2D eigenvalue weighted by molar-refractivity contribution is -0.114. The van der Waals surface area contributed by atoms with E-state index < -0.39 is 13.1 Å². The number of fused-ring (bicyclic) bond motifs is 4. The van der Waals surface area contributed by atoms with E-state index >= 15 is 0 Å². The molecule has 0 saturated carbocycles. The molecule has 0 aliphatic rings. The number of amides is 1. The molecule has 66 heavy (non-hydrogen) atoms. The summed E-state index contributed by atoms with van der Waals surface area (Å²) >= 11 is 12.9. The number of carboxylic acids is 1. The SMILES string of the molecule is BrP(Br)Br.Brc1cnnc2[nH]ccc12.CC(=O)Nc1ccccc1B(O)O.Nc1ccccc1-c1cnnc2[nH]ccc12.O=C(O)c1cc2c(=O)cn[nH]c2[nH]1.O=c1cn[nH]c2[nH]ccc12. The Bertz CT molecular complexity index is 3300. The fraction of sp³-hybridized carbons (Fsp3) is 0.0256. The van der Waals surface area contributed by atoms with Gasteiger partial charge in [0, 0.05) is 68.7 Å². The van der Waals surface area contributed by atoms with Crippen LogP contribution in [0, 0.1) is 0 Å². The van der Waals surface area contributed by atoms with Crippen molar-refractivity contribution in [3.8, 4) is 11.1 Å². The third kappa shape index (κ3) is 14.3. The number of carboxylic acid groups (broad SMARTS) is 1. The van der Waals surface area contributed by atoms with Crippen LogP contribution >= 0.6 is 66.4 Å². The summed E-state index contributed by atoms with van der Waals surface area (Å²) in [7, 11) is -1.57. The van der Waals surface area contributed by atoms with Gasteiger partial charge in [-0.2, -0.15) is 20.4 Å². The lowest BCUT2D eigenvalue weighted by Gasteiger charge is -2.07. The van der Waals surface area contributed by atoms with Gasteiger partial charge in [-0.15, -0.1) is 10.2 Å². The number of anilines is 2. The van der Waals surface area contributed by atoms with Crippen molar-refractivity contribution in [1.82, 2.24) is 60.7 Å². The molecular formula is C39H34BBr4N14O7P. The maximum atomic E-state index is 11.1. The highest BCUT2D eigenvalue weighted by molar-refractivity contribution is 9.93. The third-order valence-corrected chi connectivity index (χ3v) is 9.15. The second kappa shape index (κ2) is 24.8. The molecular weight excluding hydrogens is 1140 g/mol. The van der Waals surface area contributed by atoms with E-state index in [0.29, 0.717) is 27.8 Å². The molecule has 12 N–H and O–H groups in total. The molecule has 0 spiro atoms. The average molecular weight is 1170 g/mol. The van der Waals surface area contributed by atoms with Crippen LogP contribution in [-0.4, -0.2) is 94.9 Å². The molecule has 0 aliphatic carbocycles. The molecule has 8 aromatic heterocycles. The first kappa shape index (κ1) is 50.6. The molecule has 0 saturated heterocycles. The van der Waals surface area contributed by atoms with Crippen molar-refractivity contribution in [2.75, 3.05) is 11.1 Å². The second-order valence-electron chi connectivity index (χ2n) is 12.9. The normalized spacial score (nSPS) is 10.2. The molecule has 338 valence electrons. The largest absolute Gasteiger partial charge is 0.490 e. The van der Waals surface area contributed by atoms with E-state index in [0.717, 1.165) is 49.6 Å². The fourth-order valence-corrected chi connectivity index (χ4v) is 6.08. The third-order valence-electron chi connectivity index (χ3n) is 8.51. The minimum absolute atomic E-state index is 0.0312.